The second-order valence-corrected chi connectivity index (χ2v) is 9.47. The number of carbonyl (C=O) groups excluding carboxylic acids is 3. The first kappa shape index (κ1) is 20.2. The molecule has 1 N–H and O–H groups in total. The van der Waals surface area contributed by atoms with Crippen molar-refractivity contribution >= 4 is 35.1 Å². The predicted octanol–water partition coefficient (Wildman–Crippen LogP) is 2.27. The van der Waals surface area contributed by atoms with Gasteiger partial charge in [-0.3, -0.25) is 24.7 Å². The van der Waals surface area contributed by atoms with E-state index in [0.717, 1.165) is 24.3 Å². The highest BCUT2D eigenvalue weighted by Gasteiger charge is 2.64. The Morgan fingerprint density at radius 2 is 1.93 bits per heavy atom. The van der Waals surface area contributed by atoms with Gasteiger partial charge >= 0.3 is 6.03 Å². The van der Waals surface area contributed by atoms with Crippen LogP contribution in [0.1, 0.15) is 33.3 Å². The standard InChI is InChI=1S/C21H27ClN4O3/c1-5-24-9-10-25-15-8-6-7-14(22)13(15)11-21(16(25)12-24)17(27)23-19(29)26(18(21)28)20(2,3)4/h6-8,16H,5,9-12H2,1-4H3,(H,23,27,29). The van der Waals surface area contributed by atoms with Crippen LogP contribution in [0.2, 0.25) is 5.02 Å². The molecule has 2 unspecified atom stereocenters. The molecule has 7 nitrogen and oxygen atoms in total. The molecule has 8 heteroatoms. The first-order valence-corrected chi connectivity index (χ1v) is 10.5. The number of benzene rings is 1. The van der Waals surface area contributed by atoms with Gasteiger partial charge in [0.15, 0.2) is 5.41 Å². The molecule has 3 aliphatic rings. The lowest BCUT2D eigenvalue weighted by Crippen LogP contribution is -2.76. The quantitative estimate of drug-likeness (QED) is 0.708. The molecular weight excluding hydrogens is 392 g/mol. The van der Waals surface area contributed by atoms with Gasteiger partial charge in [-0.25, -0.2) is 4.79 Å². The number of barbiturate groups is 1. The molecule has 1 aromatic rings. The Bertz CT molecular complexity index is 896. The van der Waals surface area contributed by atoms with Gasteiger partial charge < -0.3 is 4.90 Å². The summed E-state index contributed by atoms with van der Waals surface area (Å²) < 4.78 is 0. The summed E-state index contributed by atoms with van der Waals surface area (Å²) in [6.45, 7) is 10.4. The van der Waals surface area contributed by atoms with Crippen LogP contribution in [0.5, 0.6) is 0 Å². The number of halogens is 1. The normalized spacial score (nSPS) is 27.8. The van der Waals surface area contributed by atoms with Crippen LogP contribution >= 0.6 is 11.6 Å². The van der Waals surface area contributed by atoms with E-state index in [4.69, 9.17) is 11.6 Å². The number of hydrogen-bond donors (Lipinski definition) is 1. The van der Waals surface area contributed by atoms with Crippen LogP contribution in [0, 0.1) is 5.41 Å². The SMILES string of the molecule is CCN1CCN2c3cccc(Cl)c3CC3(C(=O)NC(=O)N(C(C)(C)C)C3=O)C2C1. The van der Waals surface area contributed by atoms with Crippen molar-refractivity contribution < 1.29 is 14.4 Å². The summed E-state index contributed by atoms with van der Waals surface area (Å²) in [7, 11) is 0. The lowest BCUT2D eigenvalue weighted by atomic mass is 9.67. The van der Waals surface area contributed by atoms with E-state index in [-0.39, 0.29) is 12.5 Å². The van der Waals surface area contributed by atoms with Crippen LogP contribution in [-0.2, 0) is 16.0 Å². The minimum absolute atomic E-state index is 0.186. The summed E-state index contributed by atoms with van der Waals surface area (Å²) in [5.74, 6) is -0.955. The molecule has 2 saturated heterocycles. The van der Waals surface area contributed by atoms with E-state index in [0.29, 0.717) is 18.1 Å². The zero-order valence-corrected chi connectivity index (χ0v) is 18.0. The molecule has 4 amide bonds. The lowest BCUT2D eigenvalue weighted by molar-refractivity contribution is -0.157. The average Bonchev–Trinajstić information content (AvgIpc) is 2.65. The van der Waals surface area contributed by atoms with Gasteiger partial charge in [-0.15, -0.1) is 0 Å². The molecule has 0 aliphatic carbocycles. The van der Waals surface area contributed by atoms with Crippen LogP contribution < -0.4 is 10.2 Å². The number of nitrogens with one attached hydrogen (secondary N) is 1. The highest BCUT2D eigenvalue weighted by molar-refractivity contribution is 6.32. The molecule has 1 spiro atoms. The molecule has 0 radical (unpaired) electrons. The van der Waals surface area contributed by atoms with Crippen LogP contribution in [-0.4, -0.2) is 65.4 Å². The van der Waals surface area contributed by atoms with Crippen LogP contribution in [0.15, 0.2) is 18.2 Å². The molecular formula is C21H27ClN4O3. The van der Waals surface area contributed by atoms with Crippen LogP contribution in [0.25, 0.3) is 0 Å². The molecule has 2 atom stereocenters. The Morgan fingerprint density at radius 3 is 2.59 bits per heavy atom. The second kappa shape index (κ2) is 6.71. The molecule has 0 saturated carbocycles. The molecule has 156 valence electrons. The molecule has 4 rings (SSSR count). The maximum atomic E-state index is 13.9. The van der Waals surface area contributed by atoms with Crippen molar-refractivity contribution in [1.29, 1.82) is 0 Å². The first-order chi connectivity index (χ1) is 13.6. The van der Waals surface area contributed by atoms with Crippen LogP contribution in [0.4, 0.5) is 10.5 Å². The maximum Gasteiger partial charge on any atom is 0.331 e. The monoisotopic (exact) mass is 418 g/mol. The topological polar surface area (TPSA) is 73.0 Å². The molecule has 2 fully saturated rings. The smallest absolute Gasteiger partial charge is 0.331 e. The molecule has 0 bridgehead atoms. The van der Waals surface area contributed by atoms with Gasteiger partial charge in [-0.2, -0.15) is 0 Å². The average molecular weight is 419 g/mol. The van der Waals surface area contributed by atoms with E-state index in [9.17, 15) is 14.4 Å². The minimum Gasteiger partial charge on any atom is -0.364 e. The summed E-state index contributed by atoms with van der Waals surface area (Å²) in [6, 6.07) is 4.66. The Balaban J connectivity index is 1.92. The fraction of sp³-hybridized carbons (Fsp3) is 0.571. The van der Waals surface area contributed by atoms with Crippen molar-refractivity contribution in [1.82, 2.24) is 15.1 Å². The number of carbonyl (C=O) groups is 3. The van der Waals surface area contributed by atoms with E-state index < -0.39 is 28.8 Å². The Morgan fingerprint density at radius 1 is 1.21 bits per heavy atom. The second-order valence-electron chi connectivity index (χ2n) is 9.06. The van der Waals surface area contributed by atoms with E-state index in [2.05, 4.69) is 22.0 Å². The summed E-state index contributed by atoms with van der Waals surface area (Å²) in [5.41, 5.74) is -0.377. The predicted molar refractivity (Wildman–Crippen MR) is 111 cm³/mol. The van der Waals surface area contributed by atoms with Crippen molar-refractivity contribution in [2.24, 2.45) is 5.41 Å². The molecule has 0 aromatic heterocycles. The molecule has 1 aromatic carbocycles. The number of fused-ring (bicyclic) bond motifs is 4. The van der Waals surface area contributed by atoms with Crippen molar-refractivity contribution in [2.75, 3.05) is 31.1 Å². The highest BCUT2D eigenvalue weighted by atomic mass is 35.5. The van der Waals surface area contributed by atoms with E-state index >= 15 is 0 Å². The van der Waals surface area contributed by atoms with Crippen molar-refractivity contribution in [3.05, 3.63) is 28.8 Å². The number of likely N-dealkylation sites (N-methyl/N-ethyl adjacent to an activating group) is 1. The third-order valence-electron chi connectivity index (χ3n) is 6.42. The van der Waals surface area contributed by atoms with Crippen LogP contribution in [0.3, 0.4) is 0 Å². The van der Waals surface area contributed by atoms with Gasteiger partial charge in [-0.05, 0) is 45.0 Å². The number of rotatable bonds is 1. The largest absolute Gasteiger partial charge is 0.364 e. The van der Waals surface area contributed by atoms with Crippen molar-refractivity contribution in [3.8, 4) is 0 Å². The Kier molecular flexibility index (Phi) is 4.66. The Hall–Kier alpha value is -2.12. The van der Waals surface area contributed by atoms with Crippen molar-refractivity contribution in [2.45, 2.75) is 45.7 Å². The van der Waals surface area contributed by atoms with Gasteiger partial charge in [0.25, 0.3) is 0 Å². The van der Waals surface area contributed by atoms with Gasteiger partial charge in [-0.1, -0.05) is 24.6 Å². The zero-order valence-electron chi connectivity index (χ0n) is 17.3. The van der Waals surface area contributed by atoms with Gasteiger partial charge in [0.05, 0.1) is 6.04 Å². The third-order valence-corrected chi connectivity index (χ3v) is 6.78. The van der Waals surface area contributed by atoms with E-state index in [1.165, 1.54) is 4.90 Å². The minimum atomic E-state index is -1.40. The number of imide groups is 2. The molecule has 3 heterocycles. The summed E-state index contributed by atoms with van der Waals surface area (Å²) in [4.78, 5) is 45.5. The number of nitrogens with zero attached hydrogens (tertiary/aromatic N) is 3. The number of piperazine rings is 1. The van der Waals surface area contributed by atoms with Gasteiger partial charge in [0.2, 0.25) is 11.8 Å². The van der Waals surface area contributed by atoms with Gasteiger partial charge in [0.1, 0.15) is 0 Å². The number of urea groups is 1. The van der Waals surface area contributed by atoms with E-state index in [1.54, 1.807) is 26.8 Å². The zero-order chi connectivity index (χ0) is 21.1. The highest BCUT2D eigenvalue weighted by Crippen LogP contribution is 2.48. The summed E-state index contributed by atoms with van der Waals surface area (Å²) in [6.07, 6.45) is 0.186. The van der Waals surface area contributed by atoms with Gasteiger partial charge in [0, 0.05) is 42.3 Å². The molecule has 3 aliphatic heterocycles. The lowest BCUT2D eigenvalue weighted by Gasteiger charge is -2.56. The summed E-state index contributed by atoms with van der Waals surface area (Å²) >= 11 is 6.52. The fourth-order valence-corrected chi connectivity index (χ4v) is 5.17. The number of hydrogen-bond acceptors (Lipinski definition) is 5. The third kappa shape index (κ3) is 2.86. The fourth-order valence-electron chi connectivity index (χ4n) is 4.94. The maximum absolute atomic E-state index is 13.9. The molecule has 29 heavy (non-hydrogen) atoms. The van der Waals surface area contributed by atoms with E-state index in [1.807, 2.05) is 12.1 Å². The summed E-state index contributed by atoms with van der Waals surface area (Å²) in [5, 5.41) is 3.02. The first-order valence-electron chi connectivity index (χ1n) is 10.1. The Labute approximate surface area is 176 Å². The number of anilines is 1. The van der Waals surface area contributed by atoms with Crippen molar-refractivity contribution in [3.63, 3.8) is 0 Å². The number of amides is 4.